The molecular formula is C28H37NO4. The maximum absolute atomic E-state index is 12.9. The number of ether oxygens (including phenoxy) is 2. The van der Waals surface area contributed by atoms with Gasteiger partial charge in [-0.05, 0) is 63.5 Å². The van der Waals surface area contributed by atoms with Gasteiger partial charge in [-0.1, -0.05) is 39.0 Å². The Bertz CT molecular complexity index is 1010. The maximum atomic E-state index is 12.9. The van der Waals surface area contributed by atoms with Crippen LogP contribution in [0.5, 0.6) is 11.5 Å². The second-order valence-electron chi connectivity index (χ2n) is 9.91. The molecule has 0 fully saturated rings. The number of carbonyl (C=O) groups excluding carboxylic acids is 2. The molecule has 0 atom stereocenters. The van der Waals surface area contributed by atoms with Crippen LogP contribution in [0, 0.1) is 0 Å². The van der Waals surface area contributed by atoms with Crippen LogP contribution in [0.15, 0.2) is 42.5 Å². The van der Waals surface area contributed by atoms with E-state index in [2.05, 4.69) is 20.8 Å². The molecule has 1 amide bonds. The lowest BCUT2D eigenvalue weighted by atomic mass is 9.84. The number of benzene rings is 2. The summed E-state index contributed by atoms with van der Waals surface area (Å²) in [6, 6.07) is 10.7. The highest BCUT2D eigenvalue weighted by atomic mass is 16.5. The second kappa shape index (κ2) is 10.7. The summed E-state index contributed by atoms with van der Waals surface area (Å²) in [6.45, 7) is 14.3. The predicted molar refractivity (Wildman–Crippen MR) is 134 cm³/mol. The number of allylic oxidation sites excluding steroid dienone is 1. The second-order valence-corrected chi connectivity index (χ2v) is 9.91. The molecule has 0 spiro atoms. The third-order valence-electron chi connectivity index (χ3n) is 4.90. The molecule has 0 saturated carbocycles. The van der Waals surface area contributed by atoms with Crippen LogP contribution >= 0.6 is 0 Å². The molecule has 0 aliphatic carbocycles. The molecule has 0 bridgehead atoms. The quantitative estimate of drug-likeness (QED) is 0.356. The first-order valence-electron chi connectivity index (χ1n) is 11.4. The number of nitrogens with zero attached hydrogens (tertiary/aromatic N) is 1. The van der Waals surface area contributed by atoms with E-state index in [4.69, 9.17) is 9.47 Å². The number of hydrogen-bond acceptors (Lipinski definition) is 4. The molecule has 5 heteroatoms. The Kier molecular flexibility index (Phi) is 8.48. The molecule has 0 unspecified atom stereocenters. The lowest BCUT2D eigenvalue weighted by Crippen LogP contribution is -2.21. The van der Waals surface area contributed by atoms with Crippen LogP contribution in [-0.2, 0) is 5.41 Å². The standard InChI is InChI=1S/C28H37NO4/c1-18(2)32-25-17-15-23(28(5,6)7)26(33-19(3)4)22(25)14-16-24(30)20-10-12-21(13-11-20)27(31)29(8)9/h10-19H,1-9H3/b16-14+. The van der Waals surface area contributed by atoms with Crippen molar-refractivity contribution in [1.82, 2.24) is 4.90 Å². The maximum Gasteiger partial charge on any atom is 0.253 e. The molecular weight excluding hydrogens is 414 g/mol. The molecule has 0 aromatic heterocycles. The molecule has 2 aromatic carbocycles. The summed E-state index contributed by atoms with van der Waals surface area (Å²) in [4.78, 5) is 26.5. The third-order valence-corrected chi connectivity index (χ3v) is 4.90. The summed E-state index contributed by atoms with van der Waals surface area (Å²) in [6.07, 6.45) is 3.24. The predicted octanol–water partition coefficient (Wildman–Crippen LogP) is 6.16. The zero-order chi connectivity index (χ0) is 24.9. The number of hydrogen-bond donors (Lipinski definition) is 0. The average Bonchev–Trinajstić information content (AvgIpc) is 2.70. The van der Waals surface area contributed by atoms with Crippen molar-refractivity contribution < 1.29 is 19.1 Å². The zero-order valence-electron chi connectivity index (χ0n) is 21.4. The Labute approximate surface area is 198 Å². The van der Waals surface area contributed by atoms with Gasteiger partial charge in [0.25, 0.3) is 5.91 Å². The molecule has 0 radical (unpaired) electrons. The first-order chi connectivity index (χ1) is 15.3. The molecule has 0 aliphatic rings. The molecule has 2 rings (SSSR count). The SMILES string of the molecule is CC(C)Oc1ccc(C(C)(C)C)c(OC(C)C)c1/C=C/C(=O)c1ccc(C(=O)N(C)C)cc1. The summed E-state index contributed by atoms with van der Waals surface area (Å²) in [5.41, 5.74) is 2.69. The van der Waals surface area contributed by atoms with Crippen molar-refractivity contribution >= 4 is 17.8 Å². The fourth-order valence-corrected chi connectivity index (χ4v) is 3.34. The number of rotatable bonds is 8. The summed E-state index contributed by atoms with van der Waals surface area (Å²) in [5.74, 6) is 1.14. The van der Waals surface area contributed by atoms with Crippen LogP contribution < -0.4 is 9.47 Å². The van der Waals surface area contributed by atoms with Crippen LogP contribution in [0.25, 0.3) is 6.08 Å². The van der Waals surface area contributed by atoms with E-state index in [1.54, 1.807) is 44.4 Å². The summed E-state index contributed by atoms with van der Waals surface area (Å²) < 4.78 is 12.3. The van der Waals surface area contributed by atoms with Crippen molar-refractivity contribution in [2.24, 2.45) is 0 Å². The summed E-state index contributed by atoms with van der Waals surface area (Å²) >= 11 is 0. The van der Waals surface area contributed by atoms with Crippen molar-refractivity contribution in [2.75, 3.05) is 14.1 Å². The van der Waals surface area contributed by atoms with Crippen LogP contribution in [0.3, 0.4) is 0 Å². The molecule has 0 saturated heterocycles. The normalized spacial score (nSPS) is 11.8. The lowest BCUT2D eigenvalue weighted by molar-refractivity contribution is 0.0827. The van der Waals surface area contributed by atoms with Gasteiger partial charge in [0.1, 0.15) is 11.5 Å². The third kappa shape index (κ3) is 6.95. The van der Waals surface area contributed by atoms with Crippen molar-refractivity contribution in [3.8, 4) is 11.5 Å². The lowest BCUT2D eigenvalue weighted by Gasteiger charge is -2.27. The van der Waals surface area contributed by atoms with Gasteiger partial charge in [-0.3, -0.25) is 9.59 Å². The van der Waals surface area contributed by atoms with E-state index in [-0.39, 0.29) is 29.3 Å². The van der Waals surface area contributed by atoms with Gasteiger partial charge < -0.3 is 14.4 Å². The van der Waals surface area contributed by atoms with E-state index in [0.717, 1.165) is 16.9 Å². The van der Waals surface area contributed by atoms with Gasteiger partial charge in [0.15, 0.2) is 5.78 Å². The highest BCUT2D eigenvalue weighted by Gasteiger charge is 2.24. The van der Waals surface area contributed by atoms with Crippen LogP contribution in [0.4, 0.5) is 0 Å². The summed E-state index contributed by atoms with van der Waals surface area (Å²) in [5, 5.41) is 0. The number of ketones is 1. The van der Waals surface area contributed by atoms with Crippen molar-refractivity contribution in [2.45, 2.75) is 66.1 Å². The largest absolute Gasteiger partial charge is 0.490 e. The Morgan fingerprint density at radius 1 is 0.848 bits per heavy atom. The Hall–Kier alpha value is -3.08. The molecule has 178 valence electrons. The Balaban J connectivity index is 2.50. The van der Waals surface area contributed by atoms with Gasteiger partial charge >= 0.3 is 0 Å². The first kappa shape index (κ1) is 26.2. The van der Waals surface area contributed by atoms with Crippen LogP contribution in [-0.4, -0.2) is 42.9 Å². The van der Waals surface area contributed by atoms with Crippen molar-refractivity contribution in [3.05, 3.63) is 64.7 Å². The summed E-state index contributed by atoms with van der Waals surface area (Å²) in [7, 11) is 3.40. The van der Waals surface area contributed by atoms with Gasteiger partial charge in [-0.2, -0.15) is 0 Å². The van der Waals surface area contributed by atoms with E-state index in [1.807, 2.05) is 39.8 Å². The fourth-order valence-electron chi connectivity index (χ4n) is 3.34. The Morgan fingerprint density at radius 3 is 1.88 bits per heavy atom. The van der Waals surface area contributed by atoms with Crippen LogP contribution in [0.1, 0.15) is 80.3 Å². The zero-order valence-corrected chi connectivity index (χ0v) is 21.4. The minimum absolute atomic E-state index is 0.0259. The molecule has 0 aliphatic heterocycles. The van der Waals surface area contributed by atoms with E-state index < -0.39 is 0 Å². The van der Waals surface area contributed by atoms with Gasteiger partial charge in [0.05, 0.1) is 17.8 Å². The van der Waals surface area contributed by atoms with E-state index in [1.165, 1.54) is 11.0 Å². The minimum Gasteiger partial charge on any atom is -0.490 e. The minimum atomic E-state index is -0.161. The first-order valence-corrected chi connectivity index (χ1v) is 11.4. The van der Waals surface area contributed by atoms with Crippen LogP contribution in [0.2, 0.25) is 0 Å². The van der Waals surface area contributed by atoms with Gasteiger partial charge in [-0.15, -0.1) is 0 Å². The topological polar surface area (TPSA) is 55.8 Å². The molecule has 5 nitrogen and oxygen atoms in total. The molecule has 0 N–H and O–H groups in total. The molecule has 2 aromatic rings. The van der Waals surface area contributed by atoms with Crippen molar-refractivity contribution in [3.63, 3.8) is 0 Å². The monoisotopic (exact) mass is 451 g/mol. The highest BCUT2D eigenvalue weighted by Crippen LogP contribution is 2.40. The number of amides is 1. The Morgan fingerprint density at radius 2 is 1.39 bits per heavy atom. The highest BCUT2D eigenvalue weighted by molar-refractivity contribution is 6.07. The van der Waals surface area contributed by atoms with Gasteiger partial charge in [-0.25, -0.2) is 0 Å². The van der Waals surface area contributed by atoms with E-state index in [0.29, 0.717) is 16.9 Å². The van der Waals surface area contributed by atoms with Crippen molar-refractivity contribution in [1.29, 1.82) is 0 Å². The van der Waals surface area contributed by atoms with E-state index >= 15 is 0 Å². The average molecular weight is 452 g/mol. The molecule has 33 heavy (non-hydrogen) atoms. The molecule has 0 heterocycles. The van der Waals surface area contributed by atoms with E-state index in [9.17, 15) is 9.59 Å². The fraction of sp³-hybridized carbons (Fsp3) is 0.429. The van der Waals surface area contributed by atoms with Gasteiger partial charge in [0, 0.05) is 30.8 Å². The van der Waals surface area contributed by atoms with Gasteiger partial charge in [0.2, 0.25) is 0 Å². The smallest absolute Gasteiger partial charge is 0.253 e. The number of carbonyl (C=O) groups is 2.